The molecule has 0 radical (unpaired) electrons. The van der Waals surface area contributed by atoms with Crippen LogP contribution in [0.2, 0.25) is 0 Å². The lowest BCUT2D eigenvalue weighted by Crippen LogP contribution is -2.16. The normalized spacial score (nSPS) is 13.4. The van der Waals surface area contributed by atoms with Crippen LogP contribution in [0.5, 0.6) is 0 Å². The molecular formula is C18H20N6O. The molecule has 0 fully saturated rings. The van der Waals surface area contributed by atoms with Crippen molar-refractivity contribution >= 4 is 11.9 Å². The van der Waals surface area contributed by atoms with Crippen molar-refractivity contribution in [2.24, 2.45) is 12.8 Å². The van der Waals surface area contributed by atoms with Gasteiger partial charge in [0.2, 0.25) is 5.95 Å². The number of carbonyl (C=O) groups is 1. The van der Waals surface area contributed by atoms with Crippen LogP contribution in [-0.4, -0.2) is 25.7 Å². The van der Waals surface area contributed by atoms with Crippen molar-refractivity contribution in [2.75, 3.05) is 5.32 Å². The SMILES string of the molecule is C=C/C=C\C=C(/C)Nc1ncc2c(n1)-c1c(c(C(N)=O)nn1C)CC2. The number of nitrogens with two attached hydrogens (primary N) is 1. The number of rotatable bonds is 5. The van der Waals surface area contributed by atoms with Gasteiger partial charge in [0.25, 0.3) is 5.91 Å². The Morgan fingerprint density at radius 1 is 1.40 bits per heavy atom. The van der Waals surface area contributed by atoms with Gasteiger partial charge in [-0.3, -0.25) is 9.48 Å². The highest BCUT2D eigenvalue weighted by Crippen LogP contribution is 2.33. The van der Waals surface area contributed by atoms with Gasteiger partial charge in [-0.15, -0.1) is 0 Å². The third-order valence-corrected chi connectivity index (χ3v) is 4.01. The van der Waals surface area contributed by atoms with Gasteiger partial charge in [0.15, 0.2) is 5.69 Å². The van der Waals surface area contributed by atoms with Gasteiger partial charge in [0.05, 0.1) is 11.4 Å². The van der Waals surface area contributed by atoms with Crippen molar-refractivity contribution in [1.82, 2.24) is 19.7 Å². The third kappa shape index (κ3) is 3.21. The Balaban J connectivity index is 1.99. The molecule has 2 heterocycles. The van der Waals surface area contributed by atoms with Gasteiger partial charge in [-0.05, 0) is 31.4 Å². The van der Waals surface area contributed by atoms with E-state index in [9.17, 15) is 4.79 Å². The molecule has 0 aromatic carbocycles. The zero-order chi connectivity index (χ0) is 18.0. The molecule has 3 N–H and O–H groups in total. The fraction of sp³-hybridized carbons (Fsp3) is 0.222. The van der Waals surface area contributed by atoms with E-state index in [1.807, 2.05) is 31.3 Å². The second kappa shape index (κ2) is 6.72. The highest BCUT2D eigenvalue weighted by atomic mass is 16.1. The monoisotopic (exact) mass is 336 g/mol. The third-order valence-electron chi connectivity index (χ3n) is 4.01. The number of hydrogen-bond acceptors (Lipinski definition) is 5. The van der Waals surface area contributed by atoms with E-state index in [1.165, 1.54) is 0 Å². The molecule has 0 spiro atoms. The number of aromatic nitrogens is 4. The number of primary amides is 1. The lowest BCUT2D eigenvalue weighted by molar-refractivity contribution is 0.0994. The summed E-state index contributed by atoms with van der Waals surface area (Å²) in [5.41, 5.74) is 10.2. The van der Waals surface area contributed by atoms with E-state index in [0.717, 1.165) is 34.6 Å². The van der Waals surface area contributed by atoms with Gasteiger partial charge in [-0.2, -0.15) is 5.10 Å². The van der Waals surface area contributed by atoms with Crippen LogP contribution in [0.25, 0.3) is 11.4 Å². The Morgan fingerprint density at radius 2 is 2.20 bits per heavy atom. The van der Waals surface area contributed by atoms with Gasteiger partial charge >= 0.3 is 0 Å². The van der Waals surface area contributed by atoms with Gasteiger partial charge in [0, 0.05) is 24.5 Å². The van der Waals surface area contributed by atoms with E-state index in [2.05, 4.69) is 27.0 Å². The molecule has 0 saturated heterocycles. The molecule has 0 unspecified atom stereocenters. The van der Waals surface area contributed by atoms with E-state index in [1.54, 1.807) is 17.8 Å². The van der Waals surface area contributed by atoms with Crippen LogP contribution in [0.15, 0.2) is 42.8 Å². The summed E-state index contributed by atoms with van der Waals surface area (Å²) in [6.07, 6.45) is 10.6. The Morgan fingerprint density at radius 3 is 2.92 bits per heavy atom. The van der Waals surface area contributed by atoms with Crippen LogP contribution in [0.1, 0.15) is 28.5 Å². The summed E-state index contributed by atoms with van der Waals surface area (Å²) in [5.74, 6) is -0.0188. The summed E-state index contributed by atoms with van der Waals surface area (Å²) in [6.45, 7) is 5.56. The Hall–Kier alpha value is -3.22. The molecule has 1 amide bonds. The summed E-state index contributed by atoms with van der Waals surface area (Å²) < 4.78 is 1.67. The molecule has 7 heteroatoms. The van der Waals surface area contributed by atoms with Crippen LogP contribution in [-0.2, 0) is 19.9 Å². The Bertz CT molecular complexity index is 907. The second-order valence-corrected chi connectivity index (χ2v) is 5.83. The average Bonchev–Trinajstić information content (AvgIpc) is 2.92. The quantitative estimate of drug-likeness (QED) is 0.815. The minimum atomic E-state index is -0.513. The van der Waals surface area contributed by atoms with E-state index in [0.29, 0.717) is 18.1 Å². The number of nitrogens with zero attached hydrogens (tertiary/aromatic N) is 4. The van der Waals surface area contributed by atoms with Crippen molar-refractivity contribution in [3.63, 3.8) is 0 Å². The topological polar surface area (TPSA) is 98.7 Å². The zero-order valence-corrected chi connectivity index (χ0v) is 14.3. The molecule has 25 heavy (non-hydrogen) atoms. The molecule has 0 saturated carbocycles. The first-order valence-electron chi connectivity index (χ1n) is 7.96. The highest BCUT2D eigenvalue weighted by Gasteiger charge is 2.27. The highest BCUT2D eigenvalue weighted by molar-refractivity contribution is 5.94. The van der Waals surface area contributed by atoms with Gasteiger partial charge in [-0.25, -0.2) is 9.97 Å². The van der Waals surface area contributed by atoms with Gasteiger partial charge < -0.3 is 11.1 Å². The van der Waals surface area contributed by atoms with Crippen molar-refractivity contribution in [3.8, 4) is 11.4 Å². The van der Waals surface area contributed by atoms with E-state index >= 15 is 0 Å². The molecule has 1 aliphatic carbocycles. The first-order chi connectivity index (χ1) is 12.0. The predicted octanol–water partition coefficient (Wildman–Crippen LogP) is 2.13. The van der Waals surface area contributed by atoms with Crippen molar-refractivity contribution in [2.45, 2.75) is 19.8 Å². The molecule has 2 aromatic rings. The summed E-state index contributed by atoms with van der Waals surface area (Å²) in [5, 5.41) is 7.43. The number of carbonyl (C=O) groups excluding carboxylic acids is 1. The molecule has 0 aliphatic heterocycles. The lowest BCUT2D eigenvalue weighted by Gasteiger charge is -2.17. The van der Waals surface area contributed by atoms with Crippen LogP contribution in [0.3, 0.4) is 0 Å². The molecule has 1 aliphatic rings. The molecular weight excluding hydrogens is 316 g/mol. The van der Waals surface area contributed by atoms with Crippen molar-refractivity contribution in [3.05, 3.63) is 59.6 Å². The van der Waals surface area contributed by atoms with Crippen LogP contribution >= 0.6 is 0 Å². The molecule has 7 nitrogen and oxygen atoms in total. The van der Waals surface area contributed by atoms with Gasteiger partial charge in [-0.1, -0.05) is 24.8 Å². The van der Waals surface area contributed by atoms with E-state index < -0.39 is 5.91 Å². The number of hydrogen-bond donors (Lipinski definition) is 2. The van der Waals surface area contributed by atoms with Crippen molar-refractivity contribution < 1.29 is 4.79 Å². The molecule has 128 valence electrons. The first kappa shape index (κ1) is 16.6. The largest absolute Gasteiger partial charge is 0.364 e. The Kier molecular flexibility index (Phi) is 4.47. The fourth-order valence-electron chi connectivity index (χ4n) is 2.91. The van der Waals surface area contributed by atoms with Gasteiger partial charge in [0.1, 0.15) is 0 Å². The summed E-state index contributed by atoms with van der Waals surface area (Å²) in [4.78, 5) is 20.6. The molecule has 0 bridgehead atoms. The van der Waals surface area contributed by atoms with Crippen LogP contribution in [0, 0.1) is 0 Å². The summed E-state index contributed by atoms with van der Waals surface area (Å²) in [7, 11) is 1.79. The molecule has 3 rings (SSSR count). The summed E-state index contributed by atoms with van der Waals surface area (Å²) >= 11 is 0. The second-order valence-electron chi connectivity index (χ2n) is 5.83. The molecule has 2 aromatic heterocycles. The lowest BCUT2D eigenvalue weighted by atomic mass is 9.93. The fourth-order valence-corrected chi connectivity index (χ4v) is 2.91. The van der Waals surface area contributed by atoms with E-state index in [-0.39, 0.29) is 0 Å². The van der Waals surface area contributed by atoms with Crippen molar-refractivity contribution in [1.29, 1.82) is 0 Å². The average molecular weight is 336 g/mol. The number of nitrogens with one attached hydrogen (secondary N) is 1. The first-order valence-corrected chi connectivity index (χ1v) is 7.96. The smallest absolute Gasteiger partial charge is 0.269 e. The number of anilines is 1. The maximum atomic E-state index is 11.6. The standard InChI is InChI=1S/C18H20N6O/c1-4-5-6-7-11(2)21-18-20-10-12-8-9-13-15(17(19)25)23-24(3)16(13)14(12)22-18/h4-7,10H,1,8-9H2,2-3H3,(H2,19,25)(H,20,21,22)/b6-5-,11-7+. The van der Waals surface area contributed by atoms with Crippen LogP contribution < -0.4 is 11.1 Å². The number of aryl methyl sites for hydroxylation is 2. The molecule has 0 atom stereocenters. The predicted molar refractivity (Wildman–Crippen MR) is 96.9 cm³/mol. The van der Waals surface area contributed by atoms with E-state index in [4.69, 9.17) is 5.73 Å². The number of allylic oxidation sites excluding steroid dienone is 5. The number of fused-ring (bicyclic) bond motifs is 3. The minimum absolute atomic E-state index is 0.321. The van der Waals surface area contributed by atoms with Crippen LogP contribution in [0.4, 0.5) is 5.95 Å². The maximum absolute atomic E-state index is 11.6. The number of amides is 1. The Labute approximate surface area is 146 Å². The summed E-state index contributed by atoms with van der Waals surface area (Å²) in [6, 6.07) is 0. The minimum Gasteiger partial charge on any atom is -0.364 e. The zero-order valence-electron chi connectivity index (χ0n) is 14.3. The maximum Gasteiger partial charge on any atom is 0.269 e.